The summed E-state index contributed by atoms with van der Waals surface area (Å²) < 4.78 is 25.2. The number of aliphatic carboxylic acids is 1. The SMILES string of the molecule is CC[C@@H](c1ccccc1)N1CC2=C(C[C@H]1C(=O)N[C@@H](Cc1ccc(Oc3cccnc3)cc1)C(=O)O)CC1(C)OC[C@H](c3ccc(OCc4ccc(Cl)c(Cl)c4)cc3)OC1=C2. The number of carboxylic acids is 1. The van der Waals surface area contributed by atoms with Gasteiger partial charge in [-0.25, -0.2) is 4.79 Å². The number of rotatable bonds is 14. The van der Waals surface area contributed by atoms with Gasteiger partial charge in [-0.1, -0.05) is 96.4 Å². The Morgan fingerprint density at radius 3 is 2.39 bits per heavy atom. The van der Waals surface area contributed by atoms with Crippen molar-refractivity contribution in [2.45, 2.75) is 76.0 Å². The molecule has 4 aromatic carbocycles. The second kappa shape index (κ2) is 18.5. The van der Waals surface area contributed by atoms with E-state index < -0.39 is 23.7 Å². The number of pyridine rings is 1. The third-order valence-corrected chi connectivity index (χ3v) is 12.3. The van der Waals surface area contributed by atoms with E-state index in [1.807, 2.05) is 67.6 Å². The minimum Gasteiger partial charge on any atom is -0.489 e. The molecule has 0 spiro atoms. The molecular formula is C49H47Cl2N3O7. The van der Waals surface area contributed by atoms with Crippen molar-refractivity contribution < 1.29 is 33.6 Å². The van der Waals surface area contributed by atoms with E-state index in [9.17, 15) is 14.7 Å². The summed E-state index contributed by atoms with van der Waals surface area (Å²) in [5, 5.41) is 14.3. The molecule has 2 aliphatic heterocycles. The number of nitrogens with zero attached hydrogens (tertiary/aromatic N) is 2. The summed E-state index contributed by atoms with van der Waals surface area (Å²) in [6.45, 7) is 5.32. The molecule has 1 amide bonds. The number of carboxylic acid groups (broad SMARTS) is 1. The summed E-state index contributed by atoms with van der Waals surface area (Å²) in [7, 11) is 0. The van der Waals surface area contributed by atoms with Gasteiger partial charge in [-0.3, -0.25) is 14.7 Å². The first-order valence-electron chi connectivity index (χ1n) is 20.5. The summed E-state index contributed by atoms with van der Waals surface area (Å²) in [5.41, 5.74) is 5.19. The number of nitrogens with one attached hydrogen (secondary N) is 1. The number of amides is 1. The fourth-order valence-electron chi connectivity index (χ4n) is 8.35. The molecule has 0 bridgehead atoms. The zero-order valence-electron chi connectivity index (χ0n) is 33.9. The minimum absolute atomic E-state index is 0.0953. The molecule has 1 aliphatic carbocycles. The van der Waals surface area contributed by atoms with Crippen molar-refractivity contribution in [1.82, 2.24) is 15.2 Å². The van der Waals surface area contributed by atoms with Gasteiger partial charge in [0.25, 0.3) is 0 Å². The van der Waals surface area contributed by atoms with Crippen molar-refractivity contribution in [2.24, 2.45) is 0 Å². The van der Waals surface area contributed by atoms with Crippen LogP contribution in [-0.4, -0.2) is 57.7 Å². The highest BCUT2D eigenvalue weighted by atomic mass is 35.5. The van der Waals surface area contributed by atoms with Gasteiger partial charge in [-0.15, -0.1) is 0 Å². The van der Waals surface area contributed by atoms with Crippen LogP contribution in [0.3, 0.4) is 0 Å². The van der Waals surface area contributed by atoms with E-state index in [0.717, 1.165) is 45.6 Å². The van der Waals surface area contributed by atoms with Crippen molar-refractivity contribution in [3.63, 3.8) is 0 Å². The zero-order chi connectivity index (χ0) is 42.5. The zero-order valence-corrected chi connectivity index (χ0v) is 35.4. The maximum atomic E-state index is 14.5. The highest BCUT2D eigenvalue weighted by molar-refractivity contribution is 6.42. The van der Waals surface area contributed by atoms with Crippen molar-refractivity contribution in [1.29, 1.82) is 0 Å². The van der Waals surface area contributed by atoms with Crippen molar-refractivity contribution >= 4 is 35.1 Å². The van der Waals surface area contributed by atoms with E-state index in [-0.39, 0.29) is 24.5 Å². The van der Waals surface area contributed by atoms with E-state index in [4.69, 9.17) is 42.1 Å². The number of halogens is 2. The van der Waals surface area contributed by atoms with Gasteiger partial charge in [0.15, 0.2) is 0 Å². The lowest BCUT2D eigenvalue weighted by molar-refractivity contribution is -0.144. The van der Waals surface area contributed by atoms with Gasteiger partial charge in [0.1, 0.15) is 47.4 Å². The van der Waals surface area contributed by atoms with Crippen LogP contribution >= 0.6 is 23.2 Å². The molecule has 2 N–H and O–H groups in total. The Balaban J connectivity index is 0.988. The summed E-state index contributed by atoms with van der Waals surface area (Å²) >= 11 is 12.2. The predicted molar refractivity (Wildman–Crippen MR) is 234 cm³/mol. The summed E-state index contributed by atoms with van der Waals surface area (Å²) in [6.07, 6.45) is 6.89. The second-order valence-electron chi connectivity index (χ2n) is 15.8. The number of carbonyl (C=O) groups is 2. The molecule has 10 nitrogen and oxygen atoms in total. The Bertz CT molecular complexity index is 2410. The monoisotopic (exact) mass is 859 g/mol. The topological polar surface area (TPSA) is 119 Å². The van der Waals surface area contributed by atoms with E-state index >= 15 is 0 Å². The van der Waals surface area contributed by atoms with Crippen LogP contribution in [-0.2, 0) is 32.1 Å². The maximum absolute atomic E-state index is 14.5. The Hall–Kier alpha value is -5.65. The molecule has 1 unspecified atom stereocenters. The smallest absolute Gasteiger partial charge is 0.326 e. The van der Waals surface area contributed by atoms with Crippen LogP contribution in [0.2, 0.25) is 10.0 Å². The number of fused-ring (bicyclic) bond motifs is 1. The molecule has 1 fully saturated rings. The van der Waals surface area contributed by atoms with Crippen LogP contribution in [0.5, 0.6) is 17.2 Å². The van der Waals surface area contributed by atoms with Crippen molar-refractivity contribution in [2.75, 3.05) is 13.2 Å². The Kier molecular flexibility index (Phi) is 12.8. The molecule has 12 heteroatoms. The molecule has 61 heavy (non-hydrogen) atoms. The largest absolute Gasteiger partial charge is 0.489 e. The minimum atomic E-state index is -1.14. The lowest BCUT2D eigenvalue weighted by Crippen LogP contribution is -2.55. The molecule has 8 rings (SSSR count). The van der Waals surface area contributed by atoms with Gasteiger partial charge in [-0.2, -0.15) is 0 Å². The van der Waals surface area contributed by atoms with Crippen LogP contribution in [0, 0.1) is 0 Å². The van der Waals surface area contributed by atoms with Gasteiger partial charge in [0.2, 0.25) is 5.91 Å². The Labute approximate surface area is 365 Å². The lowest BCUT2D eigenvalue weighted by Gasteiger charge is -2.47. The first kappa shape index (κ1) is 42.1. The van der Waals surface area contributed by atoms with Crippen LogP contribution in [0.4, 0.5) is 0 Å². The number of hydrogen-bond donors (Lipinski definition) is 2. The molecule has 0 saturated carbocycles. The predicted octanol–water partition coefficient (Wildman–Crippen LogP) is 10.2. The summed E-state index contributed by atoms with van der Waals surface area (Å²) in [4.78, 5) is 33.4. The molecule has 1 saturated heterocycles. The number of benzene rings is 4. The average Bonchev–Trinajstić information content (AvgIpc) is 3.27. The number of carbonyl (C=O) groups excluding carboxylic acids is 1. The van der Waals surface area contributed by atoms with Crippen LogP contribution in [0.15, 0.2) is 145 Å². The van der Waals surface area contributed by atoms with Crippen LogP contribution in [0.1, 0.15) is 67.5 Å². The van der Waals surface area contributed by atoms with Crippen molar-refractivity contribution in [3.05, 3.63) is 177 Å². The third-order valence-electron chi connectivity index (χ3n) is 11.6. The van der Waals surface area contributed by atoms with Gasteiger partial charge in [-0.05, 0) is 102 Å². The molecule has 5 atom stereocenters. The fourth-order valence-corrected chi connectivity index (χ4v) is 8.67. The molecular weight excluding hydrogens is 813 g/mol. The van der Waals surface area contributed by atoms with Gasteiger partial charge in [0.05, 0.1) is 28.9 Å². The molecule has 314 valence electrons. The maximum Gasteiger partial charge on any atom is 0.326 e. The van der Waals surface area contributed by atoms with Gasteiger partial charge in [0, 0.05) is 31.6 Å². The van der Waals surface area contributed by atoms with Gasteiger partial charge >= 0.3 is 5.97 Å². The van der Waals surface area contributed by atoms with E-state index in [2.05, 4.69) is 40.3 Å². The first-order chi connectivity index (χ1) is 29.5. The second-order valence-corrected chi connectivity index (χ2v) is 16.6. The highest BCUT2D eigenvalue weighted by Gasteiger charge is 2.46. The molecule has 0 radical (unpaired) electrons. The van der Waals surface area contributed by atoms with E-state index in [1.54, 1.807) is 48.8 Å². The lowest BCUT2D eigenvalue weighted by atomic mass is 9.78. The number of hydrogen-bond acceptors (Lipinski definition) is 8. The van der Waals surface area contributed by atoms with Crippen LogP contribution in [0.25, 0.3) is 0 Å². The number of aromatic nitrogens is 1. The van der Waals surface area contributed by atoms with E-state index in [1.165, 1.54) is 0 Å². The normalized spacial score (nSPS) is 20.9. The molecule has 3 aliphatic rings. The molecule has 3 heterocycles. The highest BCUT2D eigenvalue weighted by Crippen LogP contribution is 2.47. The third kappa shape index (κ3) is 9.79. The molecule has 5 aromatic rings. The summed E-state index contributed by atoms with van der Waals surface area (Å²) in [5.74, 6) is 1.23. The quantitative estimate of drug-likeness (QED) is 0.112. The summed E-state index contributed by atoms with van der Waals surface area (Å²) in [6, 6.07) is 32.3. The van der Waals surface area contributed by atoms with Gasteiger partial charge < -0.3 is 29.4 Å². The van der Waals surface area contributed by atoms with Crippen molar-refractivity contribution in [3.8, 4) is 17.2 Å². The standard InChI is InChI=1S/C49H47Cl2N3O7/c1-3-43(33-8-5-4-6-9-33)54-28-36-25-46-49(2,59-30-45(61-46)34-14-18-37(19-15-34)58-29-32-13-20-40(50)41(51)22-32)26-35(36)24-44(54)47(55)53-42(48(56)57)23-31-11-16-38(17-12-31)60-39-10-7-21-52-27-39/h4-22,25,27,42-45H,3,23-24,26,28-30H2,1-2H3,(H,53,55)(H,56,57)/t42-,43-,44-,45+,49?/m0/s1. The molecule has 1 aromatic heterocycles. The first-order valence-corrected chi connectivity index (χ1v) is 21.2. The fraction of sp³-hybridized carbons (Fsp3) is 0.286. The van der Waals surface area contributed by atoms with Crippen LogP contribution < -0.4 is 14.8 Å². The Morgan fingerprint density at radius 2 is 1.69 bits per heavy atom. The Morgan fingerprint density at radius 1 is 0.934 bits per heavy atom. The van der Waals surface area contributed by atoms with E-state index in [0.29, 0.717) is 59.9 Å². The number of ether oxygens (including phenoxy) is 4. The average molecular weight is 861 g/mol.